The summed E-state index contributed by atoms with van der Waals surface area (Å²) in [4.78, 5) is 23.7. The molecule has 0 radical (unpaired) electrons. The van der Waals surface area contributed by atoms with Crippen LogP contribution in [0.1, 0.15) is 15.9 Å². The Morgan fingerprint density at radius 1 is 1.07 bits per heavy atom. The second-order valence-electron chi connectivity index (χ2n) is 7.88. The van der Waals surface area contributed by atoms with Crippen LogP contribution in [0.2, 0.25) is 0 Å². The van der Waals surface area contributed by atoms with Crippen molar-refractivity contribution in [2.45, 2.75) is 6.54 Å². The van der Waals surface area contributed by atoms with Gasteiger partial charge in [-0.15, -0.1) is 0 Å². The van der Waals surface area contributed by atoms with Gasteiger partial charge in [-0.3, -0.25) is 9.69 Å². The van der Waals surface area contributed by atoms with Crippen molar-refractivity contribution < 1.29 is 4.79 Å². The molecule has 2 aromatic carbocycles. The van der Waals surface area contributed by atoms with E-state index in [0.29, 0.717) is 5.82 Å². The van der Waals surface area contributed by atoms with Crippen LogP contribution in [0.4, 0.5) is 11.5 Å². The Morgan fingerprint density at radius 2 is 1.77 bits per heavy atom. The molecule has 1 fully saturated rings. The molecule has 1 aliphatic rings. The summed E-state index contributed by atoms with van der Waals surface area (Å²) < 4.78 is 0.991. The van der Waals surface area contributed by atoms with Crippen LogP contribution in [0.25, 0.3) is 10.9 Å². The third-order valence-electron chi connectivity index (χ3n) is 5.56. The van der Waals surface area contributed by atoms with E-state index in [1.165, 1.54) is 5.56 Å². The first-order valence-electron chi connectivity index (χ1n) is 10.0. The minimum atomic E-state index is 0.100. The highest BCUT2D eigenvalue weighted by molar-refractivity contribution is 9.10. The van der Waals surface area contributed by atoms with E-state index in [9.17, 15) is 4.79 Å². The number of nitrogens with zero attached hydrogens (tertiary/aromatic N) is 4. The van der Waals surface area contributed by atoms with Gasteiger partial charge in [-0.1, -0.05) is 22.0 Å². The highest BCUT2D eigenvalue weighted by Gasteiger charge is 2.22. The number of hydrogen-bond acceptors (Lipinski definition) is 5. The van der Waals surface area contributed by atoms with Crippen molar-refractivity contribution in [1.82, 2.24) is 14.8 Å². The molecule has 2 N–H and O–H groups in total. The first-order chi connectivity index (χ1) is 14.4. The summed E-state index contributed by atoms with van der Waals surface area (Å²) in [6.45, 7) is 3.91. The van der Waals surface area contributed by atoms with Gasteiger partial charge in [0.2, 0.25) is 0 Å². The Balaban J connectivity index is 1.41. The molecule has 0 aliphatic carbocycles. The molecule has 1 aromatic heterocycles. The van der Waals surface area contributed by atoms with Gasteiger partial charge in [0.1, 0.15) is 5.82 Å². The van der Waals surface area contributed by atoms with Gasteiger partial charge in [-0.05, 0) is 48.0 Å². The van der Waals surface area contributed by atoms with E-state index in [2.05, 4.69) is 31.9 Å². The molecule has 2 heterocycles. The monoisotopic (exact) mass is 467 g/mol. The standard InChI is InChI=1S/C23H26BrN5O/c1-27(2)19-6-3-16(4-7-19)23(30)29-11-9-28(10-12-29)15-17-13-22(25)26-21-14-18(24)5-8-20(17)21/h3-8,13-14H,9-12,15H2,1-2H3,(H2,25,26). The molecule has 0 saturated carbocycles. The van der Waals surface area contributed by atoms with Gasteiger partial charge in [0, 0.05) is 67.9 Å². The molecule has 6 nitrogen and oxygen atoms in total. The first-order valence-corrected chi connectivity index (χ1v) is 10.8. The number of halogens is 1. The number of anilines is 2. The third kappa shape index (κ3) is 4.42. The van der Waals surface area contributed by atoms with Crippen molar-refractivity contribution >= 4 is 44.2 Å². The second-order valence-corrected chi connectivity index (χ2v) is 8.79. The number of rotatable bonds is 4. The average molecular weight is 468 g/mol. The van der Waals surface area contributed by atoms with E-state index < -0.39 is 0 Å². The molecule has 156 valence electrons. The van der Waals surface area contributed by atoms with Gasteiger partial charge in [-0.2, -0.15) is 0 Å². The van der Waals surface area contributed by atoms with Crippen LogP contribution < -0.4 is 10.6 Å². The number of piperazine rings is 1. The van der Waals surface area contributed by atoms with E-state index in [-0.39, 0.29) is 5.91 Å². The SMILES string of the molecule is CN(C)c1ccc(C(=O)N2CCN(Cc3cc(N)nc4cc(Br)ccc34)CC2)cc1. The fourth-order valence-corrected chi connectivity index (χ4v) is 4.21. The van der Waals surface area contributed by atoms with Crippen LogP contribution in [-0.4, -0.2) is 61.0 Å². The molecule has 30 heavy (non-hydrogen) atoms. The maximum Gasteiger partial charge on any atom is 0.253 e. The molecular formula is C23H26BrN5O. The topological polar surface area (TPSA) is 65.7 Å². The first kappa shape index (κ1) is 20.6. The van der Waals surface area contributed by atoms with E-state index in [1.807, 2.05) is 66.4 Å². The molecule has 0 atom stereocenters. The Labute approximate surface area is 185 Å². The molecule has 0 unspecified atom stereocenters. The van der Waals surface area contributed by atoms with E-state index >= 15 is 0 Å². The Morgan fingerprint density at radius 3 is 2.43 bits per heavy atom. The molecule has 1 saturated heterocycles. The lowest BCUT2D eigenvalue weighted by molar-refractivity contribution is 0.0629. The fraction of sp³-hybridized carbons (Fsp3) is 0.304. The summed E-state index contributed by atoms with van der Waals surface area (Å²) in [5.74, 6) is 0.633. The number of carbonyl (C=O) groups is 1. The zero-order valence-electron chi connectivity index (χ0n) is 17.3. The zero-order chi connectivity index (χ0) is 21.3. The average Bonchev–Trinajstić information content (AvgIpc) is 2.73. The maximum absolute atomic E-state index is 12.9. The number of nitrogen functional groups attached to an aromatic ring is 1. The van der Waals surface area contributed by atoms with Crippen LogP contribution in [0.15, 0.2) is 53.0 Å². The highest BCUT2D eigenvalue weighted by atomic mass is 79.9. The van der Waals surface area contributed by atoms with Crippen molar-refractivity contribution in [3.8, 4) is 0 Å². The van der Waals surface area contributed by atoms with E-state index in [0.717, 1.165) is 59.4 Å². The molecular weight excluding hydrogens is 442 g/mol. The molecule has 1 amide bonds. The number of pyridine rings is 1. The van der Waals surface area contributed by atoms with Gasteiger partial charge < -0.3 is 15.5 Å². The quantitative estimate of drug-likeness (QED) is 0.634. The molecule has 1 aliphatic heterocycles. The molecule has 7 heteroatoms. The second kappa shape index (κ2) is 8.62. The number of fused-ring (bicyclic) bond motifs is 1. The minimum absolute atomic E-state index is 0.100. The molecule has 0 spiro atoms. The Kier molecular flexibility index (Phi) is 5.92. The van der Waals surface area contributed by atoms with Gasteiger partial charge in [0.25, 0.3) is 5.91 Å². The van der Waals surface area contributed by atoms with Gasteiger partial charge in [0.15, 0.2) is 0 Å². The van der Waals surface area contributed by atoms with Crippen molar-refractivity contribution in [2.75, 3.05) is 50.9 Å². The van der Waals surface area contributed by atoms with Gasteiger partial charge in [-0.25, -0.2) is 4.98 Å². The molecule has 0 bridgehead atoms. The highest BCUT2D eigenvalue weighted by Crippen LogP contribution is 2.25. The number of benzene rings is 2. The van der Waals surface area contributed by atoms with Crippen LogP contribution in [0, 0.1) is 0 Å². The van der Waals surface area contributed by atoms with Gasteiger partial charge >= 0.3 is 0 Å². The molecule has 4 rings (SSSR count). The van der Waals surface area contributed by atoms with Crippen LogP contribution in [0.3, 0.4) is 0 Å². The normalized spacial score (nSPS) is 14.8. The minimum Gasteiger partial charge on any atom is -0.384 e. The summed E-state index contributed by atoms with van der Waals surface area (Å²) in [6.07, 6.45) is 0. The number of amides is 1. The lowest BCUT2D eigenvalue weighted by Gasteiger charge is -2.35. The summed E-state index contributed by atoms with van der Waals surface area (Å²) in [6, 6.07) is 15.9. The van der Waals surface area contributed by atoms with Crippen molar-refractivity contribution in [3.63, 3.8) is 0 Å². The van der Waals surface area contributed by atoms with Crippen molar-refractivity contribution in [2.24, 2.45) is 0 Å². The van der Waals surface area contributed by atoms with Crippen LogP contribution in [-0.2, 0) is 6.54 Å². The smallest absolute Gasteiger partial charge is 0.253 e. The number of nitrogens with two attached hydrogens (primary N) is 1. The number of hydrogen-bond donors (Lipinski definition) is 1. The van der Waals surface area contributed by atoms with Crippen LogP contribution >= 0.6 is 15.9 Å². The Bertz CT molecular complexity index is 1050. The predicted molar refractivity (Wildman–Crippen MR) is 126 cm³/mol. The van der Waals surface area contributed by atoms with E-state index in [4.69, 9.17) is 5.73 Å². The lowest BCUT2D eigenvalue weighted by Crippen LogP contribution is -2.48. The lowest BCUT2D eigenvalue weighted by atomic mass is 10.1. The van der Waals surface area contributed by atoms with Crippen LogP contribution in [0.5, 0.6) is 0 Å². The van der Waals surface area contributed by atoms with Crippen molar-refractivity contribution in [3.05, 3.63) is 64.1 Å². The largest absolute Gasteiger partial charge is 0.384 e. The van der Waals surface area contributed by atoms with Gasteiger partial charge in [0.05, 0.1) is 5.52 Å². The summed E-state index contributed by atoms with van der Waals surface area (Å²) in [7, 11) is 3.99. The maximum atomic E-state index is 12.9. The van der Waals surface area contributed by atoms with Crippen molar-refractivity contribution in [1.29, 1.82) is 0 Å². The number of carbonyl (C=O) groups excluding carboxylic acids is 1. The Hall–Kier alpha value is -2.64. The predicted octanol–water partition coefficient (Wildman–Crippen LogP) is 3.60. The summed E-state index contributed by atoms with van der Waals surface area (Å²) >= 11 is 3.50. The number of aromatic nitrogens is 1. The summed E-state index contributed by atoms with van der Waals surface area (Å²) in [5, 5.41) is 1.12. The molecule has 3 aromatic rings. The third-order valence-corrected chi connectivity index (χ3v) is 6.05. The summed E-state index contributed by atoms with van der Waals surface area (Å²) in [5.41, 5.74) is 9.94. The zero-order valence-corrected chi connectivity index (χ0v) is 18.9. The fourth-order valence-electron chi connectivity index (χ4n) is 3.86. The van der Waals surface area contributed by atoms with E-state index in [1.54, 1.807) is 0 Å².